The zero-order valence-electron chi connectivity index (χ0n) is 11.6. The maximum absolute atomic E-state index is 12.6. The second-order valence-corrected chi connectivity index (χ2v) is 4.72. The number of nitrogen functional groups attached to an aromatic ring is 1. The Bertz CT molecular complexity index is 696. The van der Waals surface area contributed by atoms with E-state index in [-0.39, 0.29) is 13.2 Å². The van der Waals surface area contributed by atoms with Crippen LogP contribution in [0.15, 0.2) is 47.4 Å². The summed E-state index contributed by atoms with van der Waals surface area (Å²) in [5, 5.41) is 0. The summed E-state index contributed by atoms with van der Waals surface area (Å²) in [6.07, 6.45) is -3.24. The number of benzene rings is 1. The number of nitrogens with two attached hydrogens (primary N) is 1. The highest BCUT2D eigenvalue weighted by Crippen LogP contribution is 2.28. The van der Waals surface area contributed by atoms with Gasteiger partial charge in [0.2, 0.25) is 0 Å². The summed E-state index contributed by atoms with van der Waals surface area (Å²) in [6.45, 7) is 0.414. The van der Waals surface area contributed by atoms with Crippen molar-refractivity contribution in [3.8, 4) is 5.75 Å². The molecule has 0 spiro atoms. The Labute approximate surface area is 124 Å². The summed E-state index contributed by atoms with van der Waals surface area (Å²) in [5.41, 5.74) is 4.84. The molecule has 0 aliphatic carbocycles. The molecule has 1 aromatic heterocycles. The van der Waals surface area contributed by atoms with Crippen LogP contribution < -0.4 is 16.0 Å². The van der Waals surface area contributed by atoms with E-state index >= 15 is 0 Å². The monoisotopic (exact) mass is 312 g/mol. The van der Waals surface area contributed by atoms with Crippen LogP contribution in [0.3, 0.4) is 0 Å². The van der Waals surface area contributed by atoms with Crippen molar-refractivity contribution in [3.05, 3.63) is 58.5 Å². The lowest BCUT2D eigenvalue weighted by Gasteiger charge is -2.11. The second-order valence-electron chi connectivity index (χ2n) is 4.72. The molecular weight excluding hydrogens is 297 g/mol. The van der Waals surface area contributed by atoms with E-state index in [0.29, 0.717) is 17.9 Å². The van der Waals surface area contributed by atoms with Crippen molar-refractivity contribution in [2.45, 2.75) is 19.1 Å². The lowest BCUT2D eigenvalue weighted by atomic mass is 10.2. The molecule has 22 heavy (non-hydrogen) atoms. The predicted molar refractivity (Wildman–Crippen MR) is 76.7 cm³/mol. The first-order chi connectivity index (χ1) is 10.4. The number of alkyl halides is 3. The Morgan fingerprint density at radius 1 is 1.18 bits per heavy atom. The molecule has 2 aromatic rings. The van der Waals surface area contributed by atoms with Gasteiger partial charge in [-0.1, -0.05) is 6.07 Å². The summed E-state index contributed by atoms with van der Waals surface area (Å²) in [6, 6.07) is 8.53. The smallest absolute Gasteiger partial charge is 0.417 e. The van der Waals surface area contributed by atoms with Crippen molar-refractivity contribution in [1.82, 2.24) is 4.57 Å². The third-order valence-electron chi connectivity index (χ3n) is 2.98. The van der Waals surface area contributed by atoms with E-state index < -0.39 is 17.3 Å². The number of aryl methyl sites for hydroxylation is 1. The van der Waals surface area contributed by atoms with Crippen molar-refractivity contribution in [1.29, 1.82) is 0 Å². The van der Waals surface area contributed by atoms with Crippen LogP contribution >= 0.6 is 0 Å². The van der Waals surface area contributed by atoms with Crippen molar-refractivity contribution in [2.75, 3.05) is 12.3 Å². The second kappa shape index (κ2) is 6.55. The van der Waals surface area contributed by atoms with E-state index in [4.69, 9.17) is 10.5 Å². The number of hydrogen-bond donors (Lipinski definition) is 1. The fourth-order valence-corrected chi connectivity index (χ4v) is 1.90. The van der Waals surface area contributed by atoms with Gasteiger partial charge in [-0.2, -0.15) is 13.2 Å². The van der Waals surface area contributed by atoms with E-state index in [0.717, 1.165) is 22.9 Å². The number of ether oxygens (including phenoxy) is 1. The molecular formula is C15H15F3N2O2. The van der Waals surface area contributed by atoms with Gasteiger partial charge in [-0.3, -0.25) is 4.79 Å². The van der Waals surface area contributed by atoms with Gasteiger partial charge >= 0.3 is 6.18 Å². The molecule has 2 rings (SSSR count). The summed E-state index contributed by atoms with van der Waals surface area (Å²) in [4.78, 5) is 11.5. The number of nitrogens with zero attached hydrogens (tertiary/aromatic N) is 1. The van der Waals surface area contributed by atoms with E-state index in [1.807, 2.05) is 0 Å². The molecule has 0 aliphatic rings. The van der Waals surface area contributed by atoms with Crippen LogP contribution in [-0.4, -0.2) is 11.2 Å². The van der Waals surface area contributed by atoms with Gasteiger partial charge in [-0.25, -0.2) is 0 Å². The lowest BCUT2D eigenvalue weighted by molar-refractivity contribution is -0.138. The number of rotatable bonds is 5. The van der Waals surface area contributed by atoms with Crippen molar-refractivity contribution in [3.63, 3.8) is 0 Å². The molecule has 1 heterocycles. The molecule has 0 fully saturated rings. The van der Waals surface area contributed by atoms with Crippen LogP contribution in [-0.2, 0) is 12.7 Å². The van der Waals surface area contributed by atoms with Gasteiger partial charge in [-0.05, 0) is 24.6 Å². The number of anilines is 1. The first-order valence-electron chi connectivity index (χ1n) is 6.62. The summed E-state index contributed by atoms with van der Waals surface area (Å²) in [7, 11) is 0. The summed E-state index contributed by atoms with van der Waals surface area (Å²) in [5.74, 6) is 0.580. The molecule has 0 amide bonds. The number of aromatic nitrogens is 1. The fraction of sp³-hybridized carbons (Fsp3) is 0.267. The van der Waals surface area contributed by atoms with E-state index in [2.05, 4.69) is 0 Å². The average molecular weight is 312 g/mol. The van der Waals surface area contributed by atoms with Crippen LogP contribution in [0.1, 0.15) is 12.0 Å². The van der Waals surface area contributed by atoms with Crippen molar-refractivity contribution >= 4 is 5.69 Å². The highest BCUT2D eigenvalue weighted by atomic mass is 19.4. The van der Waals surface area contributed by atoms with Gasteiger partial charge in [0.25, 0.3) is 5.56 Å². The Morgan fingerprint density at radius 2 is 1.95 bits per heavy atom. The average Bonchev–Trinajstić information content (AvgIpc) is 2.44. The molecule has 0 radical (unpaired) electrons. The highest BCUT2D eigenvalue weighted by Gasteiger charge is 2.30. The van der Waals surface area contributed by atoms with Crippen LogP contribution in [0.5, 0.6) is 5.75 Å². The van der Waals surface area contributed by atoms with E-state index in [9.17, 15) is 18.0 Å². The molecule has 4 nitrogen and oxygen atoms in total. The molecule has 0 bridgehead atoms. The Morgan fingerprint density at radius 3 is 2.64 bits per heavy atom. The lowest BCUT2D eigenvalue weighted by Crippen LogP contribution is -2.22. The number of halogens is 3. The molecule has 0 atom stereocenters. The quantitative estimate of drug-likeness (QED) is 0.682. The highest BCUT2D eigenvalue weighted by molar-refractivity contribution is 5.43. The van der Waals surface area contributed by atoms with Gasteiger partial charge in [0.15, 0.2) is 0 Å². The maximum Gasteiger partial charge on any atom is 0.417 e. The van der Waals surface area contributed by atoms with Gasteiger partial charge in [0.05, 0.1) is 12.2 Å². The molecule has 0 saturated carbocycles. The fourth-order valence-electron chi connectivity index (χ4n) is 1.90. The zero-order valence-corrected chi connectivity index (χ0v) is 11.6. The number of pyridine rings is 1. The normalized spacial score (nSPS) is 11.4. The van der Waals surface area contributed by atoms with Crippen molar-refractivity contribution in [2.24, 2.45) is 0 Å². The van der Waals surface area contributed by atoms with Gasteiger partial charge < -0.3 is 15.0 Å². The van der Waals surface area contributed by atoms with Crippen LogP contribution in [0.2, 0.25) is 0 Å². The maximum atomic E-state index is 12.6. The molecule has 0 saturated heterocycles. The topological polar surface area (TPSA) is 57.2 Å². The van der Waals surface area contributed by atoms with Gasteiger partial charge in [-0.15, -0.1) is 0 Å². The molecule has 1 aromatic carbocycles. The van der Waals surface area contributed by atoms with Crippen LogP contribution in [0.4, 0.5) is 18.9 Å². The Hall–Kier alpha value is -2.44. The summed E-state index contributed by atoms with van der Waals surface area (Å²) >= 11 is 0. The van der Waals surface area contributed by atoms with Crippen molar-refractivity contribution < 1.29 is 17.9 Å². The first kappa shape index (κ1) is 15.9. The van der Waals surface area contributed by atoms with Gasteiger partial charge in [0.1, 0.15) is 5.75 Å². The minimum absolute atomic E-state index is 0.144. The molecule has 0 aliphatic heterocycles. The number of hydrogen-bond acceptors (Lipinski definition) is 3. The third-order valence-corrected chi connectivity index (χ3v) is 2.98. The zero-order chi connectivity index (χ0) is 16.2. The largest absolute Gasteiger partial charge is 0.493 e. The van der Waals surface area contributed by atoms with Gasteiger partial charge in [0, 0.05) is 30.6 Å². The SMILES string of the molecule is Nc1cccc(OCCCn2cc(C(F)(F)F)ccc2=O)c1. The van der Waals surface area contributed by atoms with Crippen LogP contribution in [0, 0.1) is 0 Å². The minimum atomic E-state index is -4.46. The molecule has 7 heteroatoms. The summed E-state index contributed by atoms with van der Waals surface area (Å²) < 4.78 is 44.2. The first-order valence-corrected chi connectivity index (χ1v) is 6.62. The molecule has 0 unspecified atom stereocenters. The minimum Gasteiger partial charge on any atom is -0.493 e. The molecule has 118 valence electrons. The van der Waals surface area contributed by atoms with E-state index in [1.54, 1.807) is 24.3 Å². The Kier molecular flexibility index (Phi) is 4.75. The molecule has 2 N–H and O–H groups in total. The van der Waals surface area contributed by atoms with E-state index in [1.165, 1.54) is 0 Å². The third kappa shape index (κ3) is 4.28. The Balaban J connectivity index is 1.93. The standard InChI is InChI=1S/C15H15F3N2O2/c16-15(17,18)11-5-6-14(21)20(10-11)7-2-8-22-13-4-1-3-12(19)9-13/h1,3-6,9-10H,2,7-8,19H2. The predicted octanol–water partition coefficient (Wildman–Crippen LogP) is 2.92. The van der Waals surface area contributed by atoms with Crippen LogP contribution in [0.25, 0.3) is 0 Å².